The van der Waals surface area contributed by atoms with E-state index in [1.165, 1.54) is 6.92 Å². The molecule has 0 saturated carbocycles. The van der Waals surface area contributed by atoms with E-state index in [0.29, 0.717) is 0 Å². The van der Waals surface area contributed by atoms with Gasteiger partial charge in [-0.05, 0) is 26.3 Å². The Bertz CT molecular complexity index is 399. The molecule has 0 radical (unpaired) electrons. The Balaban J connectivity index is 2.72. The third-order valence-corrected chi connectivity index (χ3v) is 3.03. The van der Waals surface area contributed by atoms with Gasteiger partial charge in [0, 0.05) is 6.54 Å². The number of carbonyl (C=O) groups excluding carboxylic acids is 1. The topological polar surface area (TPSA) is 69.6 Å². The monoisotopic (exact) mass is 251 g/mol. The van der Waals surface area contributed by atoms with Crippen molar-refractivity contribution in [1.82, 2.24) is 5.32 Å². The summed E-state index contributed by atoms with van der Waals surface area (Å²) in [5, 5.41) is 21.2. The number of rotatable bonds is 5. The fourth-order valence-corrected chi connectivity index (χ4v) is 1.53. The number of hydrogen-bond acceptors (Lipinski definition) is 3. The van der Waals surface area contributed by atoms with Crippen LogP contribution in [-0.2, 0) is 10.2 Å². The van der Waals surface area contributed by atoms with Crippen LogP contribution in [0.25, 0.3) is 0 Å². The van der Waals surface area contributed by atoms with Crippen LogP contribution >= 0.6 is 0 Å². The lowest BCUT2D eigenvalue weighted by atomic mass is 9.83. The molecule has 100 valence electrons. The largest absolute Gasteiger partial charge is 0.393 e. The third kappa shape index (κ3) is 3.55. The van der Waals surface area contributed by atoms with E-state index in [-0.39, 0.29) is 19.1 Å². The Morgan fingerprint density at radius 2 is 1.78 bits per heavy atom. The summed E-state index contributed by atoms with van der Waals surface area (Å²) in [6, 6.07) is 9.45. The molecule has 1 aromatic carbocycles. The molecule has 4 heteroatoms. The summed E-state index contributed by atoms with van der Waals surface area (Å²) in [4.78, 5) is 12.1. The van der Waals surface area contributed by atoms with Crippen molar-refractivity contribution >= 4 is 5.91 Å². The van der Waals surface area contributed by atoms with E-state index in [1.54, 1.807) is 0 Å². The maximum atomic E-state index is 12.1. The minimum Gasteiger partial charge on any atom is -0.393 e. The summed E-state index contributed by atoms with van der Waals surface area (Å²) in [6.45, 7) is 4.76. The van der Waals surface area contributed by atoms with Crippen LogP contribution in [0.5, 0.6) is 0 Å². The van der Waals surface area contributed by atoms with Crippen LogP contribution < -0.4 is 5.32 Å². The molecule has 0 bridgehead atoms. The molecule has 1 amide bonds. The Morgan fingerprint density at radius 3 is 2.28 bits per heavy atom. The van der Waals surface area contributed by atoms with E-state index in [2.05, 4.69) is 5.32 Å². The van der Waals surface area contributed by atoms with Crippen molar-refractivity contribution in [3.05, 3.63) is 35.9 Å². The average Bonchev–Trinajstić information content (AvgIpc) is 2.37. The zero-order chi connectivity index (χ0) is 13.8. The molecule has 3 N–H and O–H groups in total. The van der Waals surface area contributed by atoms with Crippen LogP contribution in [-0.4, -0.2) is 34.9 Å². The lowest BCUT2D eigenvalue weighted by Gasteiger charge is -2.27. The number of aliphatic hydroxyl groups is 2. The number of benzene rings is 1. The minimum absolute atomic E-state index is 0.0264. The first-order valence-corrected chi connectivity index (χ1v) is 5.97. The quantitative estimate of drug-likeness (QED) is 0.726. The second-order valence-electron chi connectivity index (χ2n) is 5.33. The van der Waals surface area contributed by atoms with E-state index in [1.807, 2.05) is 44.2 Å². The van der Waals surface area contributed by atoms with Crippen LogP contribution in [0.1, 0.15) is 26.3 Å². The number of amides is 1. The Morgan fingerprint density at radius 1 is 1.22 bits per heavy atom. The van der Waals surface area contributed by atoms with Crippen molar-refractivity contribution in [2.75, 3.05) is 13.2 Å². The van der Waals surface area contributed by atoms with Gasteiger partial charge >= 0.3 is 0 Å². The number of aliphatic hydroxyl groups excluding tert-OH is 1. The molecule has 0 aliphatic rings. The molecule has 0 heterocycles. The molecule has 1 aromatic rings. The molecule has 0 aromatic heterocycles. The highest BCUT2D eigenvalue weighted by Crippen LogP contribution is 2.23. The van der Waals surface area contributed by atoms with Crippen molar-refractivity contribution in [2.45, 2.75) is 31.8 Å². The van der Waals surface area contributed by atoms with E-state index in [0.717, 1.165) is 5.56 Å². The van der Waals surface area contributed by atoms with Gasteiger partial charge in [0.15, 0.2) is 0 Å². The first kappa shape index (κ1) is 14.7. The fraction of sp³-hybridized carbons (Fsp3) is 0.500. The van der Waals surface area contributed by atoms with Gasteiger partial charge in [0.25, 0.3) is 0 Å². The van der Waals surface area contributed by atoms with Crippen molar-refractivity contribution in [1.29, 1.82) is 0 Å². The molecule has 1 atom stereocenters. The average molecular weight is 251 g/mol. The van der Waals surface area contributed by atoms with Gasteiger partial charge in [-0.1, -0.05) is 30.3 Å². The van der Waals surface area contributed by atoms with Crippen molar-refractivity contribution in [3.8, 4) is 0 Å². The predicted molar refractivity (Wildman–Crippen MR) is 70.2 cm³/mol. The van der Waals surface area contributed by atoms with Gasteiger partial charge in [0.2, 0.25) is 5.91 Å². The fourth-order valence-electron chi connectivity index (χ4n) is 1.53. The minimum atomic E-state index is -1.29. The highest BCUT2D eigenvalue weighted by Gasteiger charge is 2.31. The summed E-state index contributed by atoms with van der Waals surface area (Å²) in [7, 11) is 0. The van der Waals surface area contributed by atoms with Gasteiger partial charge in [-0.15, -0.1) is 0 Å². The molecule has 0 spiro atoms. The van der Waals surface area contributed by atoms with Crippen molar-refractivity contribution in [3.63, 3.8) is 0 Å². The molecule has 0 saturated heterocycles. The summed E-state index contributed by atoms with van der Waals surface area (Å²) >= 11 is 0. The van der Waals surface area contributed by atoms with E-state index < -0.39 is 11.0 Å². The zero-order valence-electron chi connectivity index (χ0n) is 11.1. The summed E-state index contributed by atoms with van der Waals surface area (Å²) in [6.07, 6.45) is 0. The van der Waals surface area contributed by atoms with Crippen LogP contribution in [0.3, 0.4) is 0 Å². The Labute approximate surface area is 108 Å². The molecule has 4 nitrogen and oxygen atoms in total. The summed E-state index contributed by atoms with van der Waals surface area (Å²) in [5.41, 5.74) is -1.05. The van der Waals surface area contributed by atoms with Crippen LogP contribution in [0, 0.1) is 0 Å². The molecular weight excluding hydrogens is 230 g/mol. The van der Waals surface area contributed by atoms with Crippen LogP contribution in [0.15, 0.2) is 30.3 Å². The summed E-state index contributed by atoms with van der Waals surface area (Å²) < 4.78 is 0. The zero-order valence-corrected chi connectivity index (χ0v) is 11.1. The normalized spacial score (nSPS) is 14.9. The van der Waals surface area contributed by atoms with Gasteiger partial charge in [0.1, 0.15) is 5.60 Å². The van der Waals surface area contributed by atoms with Gasteiger partial charge in [0.05, 0.1) is 12.0 Å². The molecule has 1 unspecified atom stereocenters. The van der Waals surface area contributed by atoms with E-state index in [4.69, 9.17) is 5.11 Å². The summed E-state index contributed by atoms with van der Waals surface area (Å²) in [5.74, 6) is -0.178. The molecule has 0 aliphatic heterocycles. The number of hydrogen-bond donors (Lipinski definition) is 3. The van der Waals surface area contributed by atoms with Crippen molar-refractivity contribution in [2.24, 2.45) is 0 Å². The Hall–Kier alpha value is -1.39. The Kier molecular flexibility index (Phi) is 4.48. The van der Waals surface area contributed by atoms with Gasteiger partial charge < -0.3 is 15.5 Å². The van der Waals surface area contributed by atoms with Crippen molar-refractivity contribution < 1.29 is 15.0 Å². The third-order valence-electron chi connectivity index (χ3n) is 3.03. The van der Waals surface area contributed by atoms with Gasteiger partial charge in [-0.25, -0.2) is 0 Å². The molecule has 1 rings (SSSR count). The maximum Gasteiger partial charge on any atom is 0.230 e. The lowest BCUT2D eigenvalue weighted by Crippen LogP contribution is -2.48. The van der Waals surface area contributed by atoms with Gasteiger partial charge in [-0.3, -0.25) is 4.79 Å². The predicted octanol–water partition coefficient (Wildman–Crippen LogP) is 0.824. The number of carbonyl (C=O) groups is 1. The number of nitrogens with one attached hydrogen (secondary N) is 1. The SMILES string of the molecule is CC(O)(CO)CNC(=O)C(C)(C)c1ccccc1. The van der Waals surface area contributed by atoms with Gasteiger partial charge in [-0.2, -0.15) is 0 Å². The molecule has 0 fully saturated rings. The molecule has 18 heavy (non-hydrogen) atoms. The first-order valence-electron chi connectivity index (χ1n) is 5.97. The standard InChI is InChI=1S/C14H21NO3/c1-13(2,11-7-5-4-6-8-11)12(17)15-9-14(3,18)10-16/h4-8,16,18H,9-10H2,1-3H3,(H,15,17). The highest BCUT2D eigenvalue weighted by atomic mass is 16.3. The van der Waals surface area contributed by atoms with E-state index >= 15 is 0 Å². The smallest absolute Gasteiger partial charge is 0.230 e. The maximum absolute atomic E-state index is 12.1. The molecular formula is C14H21NO3. The second kappa shape index (κ2) is 5.50. The molecule has 0 aliphatic carbocycles. The van der Waals surface area contributed by atoms with E-state index in [9.17, 15) is 9.90 Å². The van der Waals surface area contributed by atoms with Crippen LogP contribution in [0.2, 0.25) is 0 Å². The first-order chi connectivity index (χ1) is 8.29. The highest BCUT2D eigenvalue weighted by molar-refractivity contribution is 5.87. The second-order valence-corrected chi connectivity index (χ2v) is 5.33. The van der Waals surface area contributed by atoms with Crippen LogP contribution in [0.4, 0.5) is 0 Å². The lowest BCUT2D eigenvalue weighted by molar-refractivity contribution is -0.127.